The first-order valence-corrected chi connectivity index (χ1v) is 6.54. The molecule has 1 heterocycles. The number of rotatable bonds is 3. The van der Waals surface area contributed by atoms with Gasteiger partial charge in [0.25, 0.3) is 0 Å². The van der Waals surface area contributed by atoms with Crippen LogP contribution in [-0.2, 0) is 11.8 Å². The molecule has 0 N–H and O–H groups in total. The number of aryl methyl sites for hydroxylation is 1. The van der Waals surface area contributed by atoms with E-state index in [9.17, 15) is 0 Å². The van der Waals surface area contributed by atoms with Crippen LogP contribution in [0.3, 0.4) is 0 Å². The van der Waals surface area contributed by atoms with E-state index in [1.807, 2.05) is 18.2 Å². The van der Waals surface area contributed by atoms with Crippen LogP contribution in [0.15, 0.2) is 28.7 Å². The van der Waals surface area contributed by atoms with Gasteiger partial charge in [0.1, 0.15) is 0 Å². The summed E-state index contributed by atoms with van der Waals surface area (Å²) >= 11 is 5.67. The number of hydrogen-bond donors (Lipinski definition) is 0. The van der Waals surface area contributed by atoms with Crippen molar-refractivity contribution in [3.05, 3.63) is 35.7 Å². The molecule has 18 heavy (non-hydrogen) atoms. The van der Waals surface area contributed by atoms with Gasteiger partial charge in [0.15, 0.2) is 0 Å². The van der Waals surface area contributed by atoms with Crippen LogP contribution >= 0.6 is 11.6 Å². The van der Waals surface area contributed by atoms with Crippen LogP contribution in [0, 0.1) is 0 Å². The van der Waals surface area contributed by atoms with Gasteiger partial charge >= 0.3 is 0 Å². The van der Waals surface area contributed by atoms with E-state index in [0.29, 0.717) is 24.1 Å². The molecule has 0 bridgehead atoms. The predicted octanol–water partition coefficient (Wildman–Crippen LogP) is 3.82. The van der Waals surface area contributed by atoms with Crippen molar-refractivity contribution in [2.24, 2.45) is 0 Å². The number of alkyl halides is 1. The molecular weight excluding hydrogens is 248 g/mol. The number of aromatic nitrogens is 2. The first-order chi connectivity index (χ1) is 8.52. The molecular formula is C14H17ClN2O. The van der Waals surface area contributed by atoms with E-state index in [4.69, 9.17) is 16.0 Å². The second-order valence-corrected chi connectivity index (χ2v) is 5.61. The van der Waals surface area contributed by atoms with Gasteiger partial charge in [-0.15, -0.1) is 21.8 Å². The number of halogens is 1. The second-order valence-electron chi connectivity index (χ2n) is 5.24. The molecule has 2 rings (SSSR count). The minimum absolute atomic E-state index is 0.0394. The van der Waals surface area contributed by atoms with Crippen molar-refractivity contribution >= 4 is 11.6 Å². The van der Waals surface area contributed by atoms with E-state index in [1.165, 1.54) is 5.56 Å². The lowest BCUT2D eigenvalue weighted by Gasteiger charge is -2.21. The third kappa shape index (κ3) is 2.72. The van der Waals surface area contributed by atoms with Crippen molar-refractivity contribution in [3.63, 3.8) is 0 Å². The summed E-state index contributed by atoms with van der Waals surface area (Å²) in [6.07, 6.45) is 0.603. The van der Waals surface area contributed by atoms with E-state index < -0.39 is 0 Å². The number of hydrogen-bond acceptors (Lipinski definition) is 3. The minimum atomic E-state index is 0.0394. The maximum atomic E-state index is 5.67. The summed E-state index contributed by atoms with van der Waals surface area (Å²) in [7, 11) is 0. The smallest absolute Gasteiger partial charge is 0.248 e. The molecule has 0 aliphatic rings. The average molecular weight is 265 g/mol. The van der Waals surface area contributed by atoms with Gasteiger partial charge in [0.05, 0.1) is 0 Å². The summed E-state index contributed by atoms with van der Waals surface area (Å²) in [4.78, 5) is 0. The van der Waals surface area contributed by atoms with Crippen LogP contribution < -0.4 is 0 Å². The van der Waals surface area contributed by atoms with Gasteiger partial charge in [-0.25, -0.2) is 0 Å². The Morgan fingerprint density at radius 2 is 1.89 bits per heavy atom. The highest BCUT2D eigenvalue weighted by Crippen LogP contribution is 2.32. The lowest BCUT2D eigenvalue weighted by molar-refractivity contribution is 0.510. The SMILES string of the molecule is CC(C)(C)c1ccccc1-c1nnc(CCCl)o1. The molecule has 4 heteroatoms. The van der Waals surface area contributed by atoms with Crippen molar-refractivity contribution in [2.75, 3.05) is 5.88 Å². The quantitative estimate of drug-likeness (QED) is 0.791. The van der Waals surface area contributed by atoms with Gasteiger partial charge in [-0.1, -0.05) is 39.0 Å². The molecule has 1 aromatic carbocycles. The molecule has 1 aromatic heterocycles. The standard InChI is InChI=1S/C14H17ClN2O/c1-14(2,3)11-7-5-4-6-10(11)13-17-16-12(18-13)8-9-15/h4-7H,8-9H2,1-3H3. The van der Waals surface area contributed by atoms with Gasteiger partial charge in [0, 0.05) is 17.9 Å². The van der Waals surface area contributed by atoms with E-state index in [0.717, 1.165) is 5.56 Å². The van der Waals surface area contributed by atoms with Crippen molar-refractivity contribution in [3.8, 4) is 11.5 Å². The van der Waals surface area contributed by atoms with Gasteiger partial charge in [-0.05, 0) is 17.0 Å². The van der Waals surface area contributed by atoms with E-state index in [2.05, 4.69) is 37.0 Å². The van der Waals surface area contributed by atoms with Crippen LogP contribution in [0.4, 0.5) is 0 Å². The number of benzene rings is 1. The number of nitrogens with zero attached hydrogens (tertiary/aromatic N) is 2. The Morgan fingerprint density at radius 3 is 2.56 bits per heavy atom. The molecule has 0 unspecified atom stereocenters. The lowest BCUT2D eigenvalue weighted by Crippen LogP contribution is -2.12. The molecule has 0 aliphatic heterocycles. The molecule has 0 atom stereocenters. The van der Waals surface area contributed by atoms with Crippen LogP contribution in [0.5, 0.6) is 0 Å². The van der Waals surface area contributed by atoms with Gasteiger partial charge in [-0.2, -0.15) is 0 Å². The summed E-state index contributed by atoms with van der Waals surface area (Å²) in [5.41, 5.74) is 2.24. The second kappa shape index (κ2) is 5.11. The molecule has 0 amide bonds. The third-order valence-electron chi connectivity index (χ3n) is 2.74. The van der Waals surface area contributed by atoms with Crippen LogP contribution in [0.1, 0.15) is 32.2 Å². The van der Waals surface area contributed by atoms with Crippen molar-refractivity contribution in [1.82, 2.24) is 10.2 Å². The zero-order valence-electron chi connectivity index (χ0n) is 10.9. The average Bonchev–Trinajstić information content (AvgIpc) is 2.77. The van der Waals surface area contributed by atoms with Crippen molar-refractivity contribution in [1.29, 1.82) is 0 Å². The minimum Gasteiger partial charge on any atom is -0.421 e. The molecule has 0 saturated heterocycles. The Morgan fingerprint density at radius 1 is 1.17 bits per heavy atom. The fourth-order valence-corrected chi connectivity index (χ4v) is 2.03. The van der Waals surface area contributed by atoms with E-state index in [-0.39, 0.29) is 5.41 Å². The monoisotopic (exact) mass is 264 g/mol. The zero-order valence-corrected chi connectivity index (χ0v) is 11.7. The van der Waals surface area contributed by atoms with Gasteiger partial charge < -0.3 is 4.42 Å². The largest absolute Gasteiger partial charge is 0.421 e. The predicted molar refractivity (Wildman–Crippen MR) is 72.9 cm³/mol. The lowest BCUT2D eigenvalue weighted by atomic mass is 9.84. The van der Waals surface area contributed by atoms with E-state index >= 15 is 0 Å². The molecule has 0 fully saturated rings. The van der Waals surface area contributed by atoms with Crippen LogP contribution in [0.25, 0.3) is 11.5 Å². The maximum Gasteiger partial charge on any atom is 0.248 e. The summed E-state index contributed by atoms with van der Waals surface area (Å²) in [5.74, 6) is 1.65. The highest BCUT2D eigenvalue weighted by Gasteiger charge is 2.21. The zero-order chi connectivity index (χ0) is 13.2. The molecule has 0 spiro atoms. The summed E-state index contributed by atoms with van der Waals surface area (Å²) in [6.45, 7) is 6.51. The highest BCUT2D eigenvalue weighted by molar-refractivity contribution is 6.17. The molecule has 96 valence electrons. The summed E-state index contributed by atoms with van der Waals surface area (Å²) in [6, 6.07) is 8.12. The molecule has 0 aliphatic carbocycles. The topological polar surface area (TPSA) is 38.9 Å². The maximum absolute atomic E-state index is 5.67. The van der Waals surface area contributed by atoms with Crippen LogP contribution in [-0.4, -0.2) is 16.1 Å². The Bertz CT molecular complexity index is 529. The van der Waals surface area contributed by atoms with E-state index in [1.54, 1.807) is 0 Å². The Hall–Kier alpha value is -1.35. The van der Waals surface area contributed by atoms with Gasteiger partial charge in [0.2, 0.25) is 11.8 Å². The highest BCUT2D eigenvalue weighted by atomic mass is 35.5. The first-order valence-electron chi connectivity index (χ1n) is 6.00. The summed E-state index contributed by atoms with van der Waals surface area (Å²) in [5, 5.41) is 8.11. The molecule has 0 radical (unpaired) electrons. The van der Waals surface area contributed by atoms with Crippen LogP contribution in [0.2, 0.25) is 0 Å². The summed E-state index contributed by atoms with van der Waals surface area (Å²) < 4.78 is 5.64. The molecule has 2 aromatic rings. The Balaban J connectivity index is 2.43. The van der Waals surface area contributed by atoms with Crippen molar-refractivity contribution < 1.29 is 4.42 Å². The normalized spacial score (nSPS) is 11.8. The fraction of sp³-hybridized carbons (Fsp3) is 0.429. The third-order valence-corrected chi connectivity index (χ3v) is 2.93. The fourth-order valence-electron chi connectivity index (χ4n) is 1.87. The van der Waals surface area contributed by atoms with Crippen molar-refractivity contribution in [2.45, 2.75) is 32.6 Å². The first kappa shape index (κ1) is 13.1. The Labute approximate surface area is 112 Å². The van der Waals surface area contributed by atoms with Gasteiger partial charge in [-0.3, -0.25) is 0 Å². The molecule has 3 nitrogen and oxygen atoms in total. The molecule has 0 saturated carbocycles. The Kier molecular flexibility index (Phi) is 3.71.